The molecule has 0 unspecified atom stereocenters. The first-order valence-electron chi connectivity index (χ1n) is 6.43. The molecule has 108 valence electrons. The summed E-state index contributed by atoms with van der Waals surface area (Å²) in [6, 6.07) is 16.5. The van der Waals surface area contributed by atoms with E-state index in [0.717, 1.165) is 16.2 Å². The second-order valence-corrected chi connectivity index (χ2v) is 5.51. The monoisotopic (exact) mass is 408 g/mol. The molecule has 0 saturated heterocycles. The Balaban J connectivity index is 2.09. The van der Waals surface area contributed by atoms with Crippen molar-refractivity contribution in [2.75, 3.05) is 10.7 Å². The summed E-state index contributed by atoms with van der Waals surface area (Å²) in [5, 5.41) is 1.58. The van der Waals surface area contributed by atoms with Crippen molar-refractivity contribution >= 4 is 43.4 Å². The highest BCUT2D eigenvalue weighted by atomic mass is 79.9. The van der Waals surface area contributed by atoms with Gasteiger partial charge in [-0.2, -0.15) is 0 Å². The Hall–Kier alpha value is -1.39. The van der Waals surface area contributed by atoms with E-state index in [-0.39, 0.29) is 5.97 Å². The molecule has 2 rings (SSSR count). The molecule has 0 atom stereocenters. The van der Waals surface area contributed by atoms with Crippen molar-refractivity contribution in [1.82, 2.24) is 0 Å². The van der Waals surface area contributed by atoms with Crippen LogP contribution >= 0.6 is 31.9 Å². The van der Waals surface area contributed by atoms with Gasteiger partial charge in [-0.1, -0.05) is 68.3 Å². The number of hydrogen-bond acceptors (Lipinski definition) is 2. The van der Waals surface area contributed by atoms with Gasteiger partial charge in [0, 0.05) is 10.7 Å². The van der Waals surface area contributed by atoms with Gasteiger partial charge in [0.15, 0.2) is 0 Å². The smallest absolute Gasteiger partial charge is 0.343 e. The molecule has 4 heteroatoms. The van der Waals surface area contributed by atoms with E-state index < -0.39 is 0 Å². The third-order valence-electron chi connectivity index (χ3n) is 2.91. The summed E-state index contributed by atoms with van der Waals surface area (Å²) in [6.07, 6.45) is 2.10. The molecule has 21 heavy (non-hydrogen) atoms. The number of esters is 1. The number of allylic oxidation sites excluding steroid dienone is 2. The Morgan fingerprint density at radius 2 is 1.62 bits per heavy atom. The van der Waals surface area contributed by atoms with Crippen molar-refractivity contribution in [3.63, 3.8) is 0 Å². The minimum atomic E-state index is -0.347. The predicted octanol–water partition coefficient (Wildman–Crippen LogP) is 5.08. The summed E-state index contributed by atoms with van der Waals surface area (Å²) in [5.74, 6) is 0.195. The fourth-order valence-electron chi connectivity index (χ4n) is 1.82. The average Bonchev–Trinajstić information content (AvgIpc) is 2.54. The molecular weight excluding hydrogens is 396 g/mol. The van der Waals surface area contributed by atoms with Crippen molar-refractivity contribution < 1.29 is 9.53 Å². The van der Waals surface area contributed by atoms with Crippen LogP contribution in [0.3, 0.4) is 0 Å². The lowest BCUT2D eigenvalue weighted by molar-refractivity contribution is 0.0735. The fraction of sp³-hybridized carbons (Fsp3) is 0.118. The first-order chi connectivity index (χ1) is 10.2. The Labute approximate surface area is 141 Å². The quantitative estimate of drug-likeness (QED) is 0.391. The van der Waals surface area contributed by atoms with Crippen LogP contribution in [0.15, 0.2) is 60.7 Å². The predicted molar refractivity (Wildman–Crippen MR) is 93.4 cm³/mol. The van der Waals surface area contributed by atoms with Crippen LogP contribution in [0.25, 0.3) is 5.57 Å². The van der Waals surface area contributed by atoms with Gasteiger partial charge in [0.25, 0.3) is 0 Å². The van der Waals surface area contributed by atoms with Gasteiger partial charge in [-0.25, -0.2) is 4.79 Å². The number of ether oxygens (including phenoxy) is 1. The summed E-state index contributed by atoms with van der Waals surface area (Å²) in [4.78, 5) is 11.9. The Morgan fingerprint density at radius 3 is 2.19 bits per heavy atom. The van der Waals surface area contributed by atoms with E-state index in [1.54, 1.807) is 24.3 Å². The number of hydrogen-bond donors (Lipinski definition) is 0. The van der Waals surface area contributed by atoms with Crippen molar-refractivity contribution in [2.45, 2.75) is 0 Å². The molecule has 0 aliphatic rings. The van der Waals surface area contributed by atoms with Crippen LogP contribution in [0.1, 0.15) is 15.9 Å². The Kier molecular flexibility index (Phi) is 6.21. The summed E-state index contributed by atoms with van der Waals surface area (Å²) >= 11 is 6.86. The molecule has 0 aliphatic heterocycles. The van der Waals surface area contributed by atoms with Gasteiger partial charge < -0.3 is 4.74 Å². The van der Waals surface area contributed by atoms with Crippen molar-refractivity contribution in [3.8, 4) is 5.75 Å². The first-order valence-corrected chi connectivity index (χ1v) is 8.67. The van der Waals surface area contributed by atoms with E-state index >= 15 is 0 Å². The first kappa shape index (κ1) is 16.0. The molecule has 0 N–H and O–H groups in total. The van der Waals surface area contributed by atoms with Crippen molar-refractivity contribution in [3.05, 3.63) is 71.8 Å². The SMILES string of the molecule is O=C(Oc1ccc(/C(=C/CBr)CBr)cc1)c1ccccc1. The molecule has 2 aromatic carbocycles. The van der Waals surface area contributed by atoms with Gasteiger partial charge >= 0.3 is 5.97 Å². The zero-order valence-corrected chi connectivity index (χ0v) is 14.4. The van der Waals surface area contributed by atoms with Crippen molar-refractivity contribution in [2.24, 2.45) is 0 Å². The maximum Gasteiger partial charge on any atom is 0.343 e. The standard InChI is InChI=1S/C17H14Br2O2/c18-11-10-15(12-19)13-6-8-16(9-7-13)21-17(20)14-4-2-1-3-5-14/h1-10H,11-12H2/b15-10+. The van der Waals surface area contributed by atoms with Gasteiger partial charge in [-0.15, -0.1) is 0 Å². The van der Waals surface area contributed by atoms with E-state index in [1.165, 1.54) is 5.57 Å². The molecule has 0 aliphatic carbocycles. The largest absolute Gasteiger partial charge is 0.423 e. The lowest BCUT2D eigenvalue weighted by Gasteiger charge is -2.07. The van der Waals surface area contributed by atoms with Crippen LogP contribution < -0.4 is 4.74 Å². The number of rotatable bonds is 5. The fourth-order valence-corrected chi connectivity index (χ4v) is 2.76. The van der Waals surface area contributed by atoms with E-state index in [2.05, 4.69) is 37.9 Å². The highest BCUT2D eigenvalue weighted by Gasteiger charge is 2.08. The number of halogens is 2. The number of carbonyl (C=O) groups excluding carboxylic acids is 1. The van der Waals surface area contributed by atoms with Crippen molar-refractivity contribution in [1.29, 1.82) is 0 Å². The molecule has 2 aromatic rings. The topological polar surface area (TPSA) is 26.3 Å². The van der Waals surface area contributed by atoms with Crippen LogP contribution in [0.4, 0.5) is 0 Å². The number of carbonyl (C=O) groups is 1. The van der Waals surface area contributed by atoms with Gasteiger partial charge in [0.2, 0.25) is 0 Å². The summed E-state index contributed by atoms with van der Waals surface area (Å²) < 4.78 is 5.35. The second kappa shape index (κ2) is 8.15. The summed E-state index contributed by atoms with van der Waals surface area (Å²) in [7, 11) is 0. The zero-order chi connectivity index (χ0) is 15.1. The average molecular weight is 410 g/mol. The molecule has 0 fully saturated rings. The molecule has 2 nitrogen and oxygen atoms in total. The molecule has 0 radical (unpaired) electrons. The highest BCUT2D eigenvalue weighted by molar-refractivity contribution is 9.09. The molecule has 0 spiro atoms. The molecule has 0 amide bonds. The van der Waals surface area contributed by atoms with Gasteiger partial charge in [-0.05, 0) is 35.4 Å². The van der Waals surface area contributed by atoms with E-state index in [9.17, 15) is 4.79 Å². The zero-order valence-electron chi connectivity index (χ0n) is 11.3. The normalized spacial score (nSPS) is 11.2. The van der Waals surface area contributed by atoms with E-state index in [1.807, 2.05) is 30.3 Å². The lowest BCUT2D eigenvalue weighted by Crippen LogP contribution is -2.08. The van der Waals surface area contributed by atoms with Gasteiger partial charge in [0.1, 0.15) is 5.75 Å². The van der Waals surface area contributed by atoms with Crippen LogP contribution in [0.2, 0.25) is 0 Å². The Morgan fingerprint density at radius 1 is 0.952 bits per heavy atom. The number of alkyl halides is 2. The minimum absolute atomic E-state index is 0.347. The highest BCUT2D eigenvalue weighted by Crippen LogP contribution is 2.21. The van der Waals surface area contributed by atoms with Crippen LogP contribution in [0, 0.1) is 0 Å². The number of benzene rings is 2. The van der Waals surface area contributed by atoms with Crippen LogP contribution in [0.5, 0.6) is 5.75 Å². The lowest BCUT2D eigenvalue weighted by atomic mass is 10.1. The van der Waals surface area contributed by atoms with Gasteiger partial charge in [-0.3, -0.25) is 0 Å². The minimum Gasteiger partial charge on any atom is -0.423 e. The molecule has 0 bridgehead atoms. The van der Waals surface area contributed by atoms with Gasteiger partial charge in [0.05, 0.1) is 5.56 Å². The second-order valence-electron chi connectivity index (χ2n) is 4.30. The molecule has 0 heterocycles. The maximum absolute atomic E-state index is 11.9. The summed E-state index contributed by atoms with van der Waals surface area (Å²) in [5.41, 5.74) is 2.83. The molecule has 0 aromatic heterocycles. The third-order valence-corrected chi connectivity index (χ3v) is 3.84. The third kappa shape index (κ3) is 4.55. The van der Waals surface area contributed by atoms with E-state index in [0.29, 0.717) is 11.3 Å². The van der Waals surface area contributed by atoms with Crippen LogP contribution in [-0.2, 0) is 0 Å². The Bertz CT molecular complexity index is 619. The molecule has 0 saturated carbocycles. The molecular formula is C17H14Br2O2. The maximum atomic E-state index is 11.9. The van der Waals surface area contributed by atoms with Crippen LogP contribution in [-0.4, -0.2) is 16.6 Å². The van der Waals surface area contributed by atoms with E-state index in [4.69, 9.17) is 4.74 Å². The summed E-state index contributed by atoms with van der Waals surface area (Å²) in [6.45, 7) is 0.